The van der Waals surface area contributed by atoms with Crippen LogP contribution in [0.1, 0.15) is 23.4 Å². The van der Waals surface area contributed by atoms with Gasteiger partial charge in [-0.1, -0.05) is 0 Å². The number of aromatic nitrogens is 1. The summed E-state index contributed by atoms with van der Waals surface area (Å²) < 4.78 is 5.61. The maximum Gasteiger partial charge on any atom is 0.251 e. The second kappa shape index (κ2) is 5.77. The molecule has 2 atom stereocenters. The topological polar surface area (TPSA) is 68.5 Å². The molecule has 18 heavy (non-hydrogen) atoms. The molecule has 100 valence electrons. The van der Waals surface area contributed by atoms with Gasteiger partial charge in [0, 0.05) is 18.5 Å². The molecule has 6 heteroatoms. The van der Waals surface area contributed by atoms with Gasteiger partial charge in [0.1, 0.15) is 6.10 Å². The Kier molecular flexibility index (Phi) is 4.31. The van der Waals surface area contributed by atoms with Crippen molar-refractivity contribution in [2.45, 2.75) is 38.5 Å². The molecule has 1 fully saturated rings. The van der Waals surface area contributed by atoms with Crippen molar-refractivity contribution in [1.29, 1.82) is 0 Å². The fourth-order valence-corrected chi connectivity index (χ4v) is 2.91. The number of nitrogens with two attached hydrogens (primary N) is 1. The van der Waals surface area contributed by atoms with Crippen molar-refractivity contribution in [1.82, 2.24) is 9.88 Å². The standard InChI is InChI=1S/C12H19N3O2S/c1-8-11(18-7-14-8)6-15(2)12(16)10-4-3-9(5-13)17-10/h7,9-10H,3-6,13H2,1-2H3/t9-,10+/m1/s1. The Morgan fingerprint density at radius 1 is 1.67 bits per heavy atom. The summed E-state index contributed by atoms with van der Waals surface area (Å²) in [6.07, 6.45) is 1.36. The first-order chi connectivity index (χ1) is 8.61. The molecule has 0 radical (unpaired) electrons. The Hall–Kier alpha value is -0.980. The molecule has 1 aromatic heterocycles. The molecule has 1 amide bonds. The molecule has 0 saturated carbocycles. The fourth-order valence-electron chi connectivity index (χ4n) is 2.08. The number of thiazole rings is 1. The van der Waals surface area contributed by atoms with E-state index in [1.807, 2.05) is 6.92 Å². The minimum Gasteiger partial charge on any atom is -0.364 e. The van der Waals surface area contributed by atoms with Gasteiger partial charge in [-0.15, -0.1) is 11.3 Å². The van der Waals surface area contributed by atoms with Crippen LogP contribution in [0.3, 0.4) is 0 Å². The summed E-state index contributed by atoms with van der Waals surface area (Å²) in [5.74, 6) is 0.0405. The van der Waals surface area contributed by atoms with Gasteiger partial charge < -0.3 is 15.4 Å². The first-order valence-corrected chi connectivity index (χ1v) is 6.99. The summed E-state index contributed by atoms with van der Waals surface area (Å²) in [6.45, 7) is 3.05. The third-order valence-electron chi connectivity index (χ3n) is 3.25. The maximum atomic E-state index is 12.2. The Bertz CT molecular complexity index is 421. The van der Waals surface area contributed by atoms with E-state index in [-0.39, 0.29) is 18.1 Å². The second-order valence-corrected chi connectivity index (χ2v) is 5.55. The molecule has 0 bridgehead atoms. The van der Waals surface area contributed by atoms with Crippen molar-refractivity contribution in [3.8, 4) is 0 Å². The van der Waals surface area contributed by atoms with Crippen molar-refractivity contribution in [3.05, 3.63) is 16.1 Å². The highest BCUT2D eigenvalue weighted by Gasteiger charge is 2.31. The molecule has 2 rings (SSSR count). The van der Waals surface area contributed by atoms with Crippen LogP contribution in [0.25, 0.3) is 0 Å². The van der Waals surface area contributed by atoms with Crippen LogP contribution in [-0.4, -0.2) is 41.6 Å². The number of carbonyl (C=O) groups excluding carboxylic acids is 1. The van der Waals surface area contributed by atoms with Crippen LogP contribution >= 0.6 is 11.3 Å². The van der Waals surface area contributed by atoms with E-state index >= 15 is 0 Å². The Labute approximate surface area is 111 Å². The number of hydrogen-bond acceptors (Lipinski definition) is 5. The van der Waals surface area contributed by atoms with Gasteiger partial charge in [0.25, 0.3) is 5.91 Å². The van der Waals surface area contributed by atoms with Crippen LogP contribution in [0.5, 0.6) is 0 Å². The van der Waals surface area contributed by atoms with Gasteiger partial charge in [-0.25, -0.2) is 4.98 Å². The number of nitrogens with zero attached hydrogens (tertiary/aromatic N) is 2. The van der Waals surface area contributed by atoms with Crippen LogP contribution in [0.15, 0.2) is 5.51 Å². The normalized spacial score (nSPS) is 23.3. The van der Waals surface area contributed by atoms with E-state index in [4.69, 9.17) is 10.5 Å². The van der Waals surface area contributed by atoms with E-state index in [1.54, 1.807) is 28.8 Å². The zero-order valence-corrected chi connectivity index (χ0v) is 11.6. The van der Waals surface area contributed by atoms with E-state index in [2.05, 4.69) is 4.98 Å². The SMILES string of the molecule is Cc1ncsc1CN(C)C(=O)[C@@H]1CC[C@H](CN)O1. The van der Waals surface area contributed by atoms with Crippen LogP contribution in [0.2, 0.25) is 0 Å². The molecule has 0 unspecified atom stereocenters. The number of likely N-dealkylation sites (N-methyl/N-ethyl adjacent to an activating group) is 1. The highest BCUT2D eigenvalue weighted by molar-refractivity contribution is 7.09. The molecule has 1 aliphatic rings. The summed E-state index contributed by atoms with van der Waals surface area (Å²) in [7, 11) is 1.81. The van der Waals surface area contributed by atoms with E-state index in [0.29, 0.717) is 13.1 Å². The lowest BCUT2D eigenvalue weighted by Crippen LogP contribution is -2.36. The highest BCUT2D eigenvalue weighted by atomic mass is 32.1. The van der Waals surface area contributed by atoms with E-state index in [1.165, 1.54) is 0 Å². The average Bonchev–Trinajstić information content (AvgIpc) is 2.98. The number of aryl methyl sites for hydroxylation is 1. The van der Waals surface area contributed by atoms with E-state index in [9.17, 15) is 4.79 Å². The van der Waals surface area contributed by atoms with Crippen molar-refractivity contribution >= 4 is 17.2 Å². The van der Waals surface area contributed by atoms with Gasteiger partial charge in [0.2, 0.25) is 0 Å². The summed E-state index contributed by atoms with van der Waals surface area (Å²) in [5.41, 5.74) is 8.34. The lowest BCUT2D eigenvalue weighted by molar-refractivity contribution is -0.141. The molecule has 2 heterocycles. The highest BCUT2D eigenvalue weighted by Crippen LogP contribution is 2.22. The number of rotatable bonds is 4. The predicted octanol–water partition coefficient (Wildman–Crippen LogP) is 0.916. The second-order valence-electron chi connectivity index (χ2n) is 4.62. The predicted molar refractivity (Wildman–Crippen MR) is 70.3 cm³/mol. The Morgan fingerprint density at radius 2 is 2.44 bits per heavy atom. The Morgan fingerprint density at radius 3 is 3.00 bits per heavy atom. The third kappa shape index (κ3) is 2.88. The summed E-state index contributed by atoms with van der Waals surface area (Å²) in [4.78, 5) is 19.2. The first-order valence-electron chi connectivity index (χ1n) is 6.11. The smallest absolute Gasteiger partial charge is 0.251 e. The molecular formula is C12H19N3O2S. The molecule has 1 aliphatic heterocycles. The largest absolute Gasteiger partial charge is 0.364 e. The van der Waals surface area contributed by atoms with Gasteiger partial charge in [0.15, 0.2) is 0 Å². The van der Waals surface area contributed by atoms with Gasteiger partial charge in [0.05, 0.1) is 23.9 Å². The number of amides is 1. The van der Waals surface area contributed by atoms with Crippen molar-refractivity contribution < 1.29 is 9.53 Å². The van der Waals surface area contributed by atoms with Gasteiger partial charge >= 0.3 is 0 Å². The monoisotopic (exact) mass is 269 g/mol. The summed E-state index contributed by atoms with van der Waals surface area (Å²) in [5, 5.41) is 0. The molecule has 0 spiro atoms. The van der Waals surface area contributed by atoms with Crippen molar-refractivity contribution in [3.63, 3.8) is 0 Å². The lowest BCUT2D eigenvalue weighted by Gasteiger charge is -2.20. The number of ether oxygens (including phenoxy) is 1. The van der Waals surface area contributed by atoms with Gasteiger partial charge in [-0.2, -0.15) is 0 Å². The minimum absolute atomic E-state index is 0.0393. The van der Waals surface area contributed by atoms with Crippen LogP contribution in [-0.2, 0) is 16.1 Å². The summed E-state index contributed by atoms with van der Waals surface area (Å²) in [6, 6.07) is 0. The zero-order valence-electron chi connectivity index (χ0n) is 10.8. The first kappa shape index (κ1) is 13.5. The van der Waals surface area contributed by atoms with Crippen molar-refractivity contribution in [2.75, 3.05) is 13.6 Å². The molecule has 1 aromatic rings. The molecule has 1 saturated heterocycles. The van der Waals surface area contributed by atoms with Gasteiger partial charge in [-0.05, 0) is 19.8 Å². The zero-order chi connectivity index (χ0) is 13.1. The molecular weight excluding hydrogens is 250 g/mol. The van der Waals surface area contributed by atoms with E-state index < -0.39 is 0 Å². The lowest BCUT2D eigenvalue weighted by atomic mass is 10.2. The van der Waals surface area contributed by atoms with Crippen LogP contribution < -0.4 is 5.73 Å². The number of hydrogen-bond donors (Lipinski definition) is 1. The molecule has 0 aromatic carbocycles. The maximum absolute atomic E-state index is 12.2. The molecule has 0 aliphatic carbocycles. The van der Waals surface area contributed by atoms with Crippen LogP contribution in [0.4, 0.5) is 0 Å². The van der Waals surface area contributed by atoms with Gasteiger partial charge in [-0.3, -0.25) is 4.79 Å². The third-order valence-corrected chi connectivity index (χ3v) is 4.17. The summed E-state index contributed by atoms with van der Waals surface area (Å²) >= 11 is 1.58. The van der Waals surface area contributed by atoms with Crippen molar-refractivity contribution in [2.24, 2.45) is 5.73 Å². The van der Waals surface area contributed by atoms with Crippen LogP contribution in [0, 0.1) is 6.92 Å². The Balaban J connectivity index is 1.91. The molecule has 2 N–H and O–H groups in total. The molecule has 5 nitrogen and oxygen atoms in total. The fraction of sp³-hybridized carbons (Fsp3) is 0.667. The minimum atomic E-state index is -0.322. The quantitative estimate of drug-likeness (QED) is 0.882. The average molecular weight is 269 g/mol. The van der Waals surface area contributed by atoms with E-state index in [0.717, 1.165) is 23.4 Å². The number of carbonyl (C=O) groups is 1.